The molecule has 2 rings (SSSR count). The molecular formula is C13H15N3O2S. The summed E-state index contributed by atoms with van der Waals surface area (Å²) in [6, 6.07) is 5.58. The largest absolute Gasteiger partial charge is 0.496 e. The minimum Gasteiger partial charge on any atom is -0.496 e. The Kier molecular flexibility index (Phi) is 4.35. The van der Waals surface area contributed by atoms with Crippen molar-refractivity contribution in [1.82, 2.24) is 4.98 Å². The average Bonchev–Trinajstić information content (AvgIpc) is 2.84. The zero-order valence-electron chi connectivity index (χ0n) is 11.0. The number of hydrogen-bond donors (Lipinski definition) is 1. The van der Waals surface area contributed by atoms with E-state index in [0.29, 0.717) is 11.5 Å². The number of aryl methyl sites for hydroxylation is 1. The minimum absolute atomic E-state index is 0.709. The summed E-state index contributed by atoms with van der Waals surface area (Å²) >= 11 is 1.51. The second kappa shape index (κ2) is 6.19. The quantitative estimate of drug-likeness (QED) is 0.674. The van der Waals surface area contributed by atoms with Crippen LogP contribution in [0.1, 0.15) is 11.3 Å². The van der Waals surface area contributed by atoms with E-state index in [-0.39, 0.29) is 0 Å². The lowest BCUT2D eigenvalue weighted by molar-refractivity contribution is 0.393. The highest BCUT2D eigenvalue weighted by molar-refractivity contribution is 7.13. The third kappa shape index (κ3) is 3.23. The summed E-state index contributed by atoms with van der Waals surface area (Å²) < 4.78 is 10.6. The maximum atomic E-state index is 5.28. The number of thiazole rings is 1. The molecule has 6 heteroatoms. The molecule has 0 spiro atoms. The highest BCUT2D eigenvalue weighted by Gasteiger charge is 2.06. The van der Waals surface area contributed by atoms with Gasteiger partial charge in [0.25, 0.3) is 0 Å². The lowest BCUT2D eigenvalue weighted by Gasteiger charge is -2.08. The number of anilines is 1. The van der Waals surface area contributed by atoms with Gasteiger partial charge in [-0.2, -0.15) is 5.10 Å². The van der Waals surface area contributed by atoms with Crippen molar-refractivity contribution in [1.29, 1.82) is 0 Å². The Morgan fingerprint density at radius 3 is 2.47 bits per heavy atom. The van der Waals surface area contributed by atoms with Crippen LogP contribution in [-0.4, -0.2) is 25.4 Å². The van der Waals surface area contributed by atoms with Crippen molar-refractivity contribution in [2.45, 2.75) is 6.92 Å². The van der Waals surface area contributed by atoms with Crippen LogP contribution in [0.4, 0.5) is 5.13 Å². The first-order chi connectivity index (χ1) is 9.24. The summed E-state index contributed by atoms with van der Waals surface area (Å²) in [5.74, 6) is 1.42. The van der Waals surface area contributed by atoms with Crippen molar-refractivity contribution in [2.24, 2.45) is 5.10 Å². The molecule has 0 atom stereocenters. The molecule has 0 saturated heterocycles. The Balaban J connectivity index is 2.17. The number of nitrogens with zero attached hydrogens (tertiary/aromatic N) is 2. The van der Waals surface area contributed by atoms with Crippen LogP contribution >= 0.6 is 11.3 Å². The van der Waals surface area contributed by atoms with E-state index < -0.39 is 0 Å². The number of rotatable bonds is 5. The second-order valence-corrected chi connectivity index (χ2v) is 4.60. The van der Waals surface area contributed by atoms with Gasteiger partial charge in [-0.15, -0.1) is 11.3 Å². The van der Waals surface area contributed by atoms with Gasteiger partial charge in [-0.3, -0.25) is 5.43 Å². The molecule has 0 saturated carbocycles. The number of hydrogen-bond acceptors (Lipinski definition) is 6. The maximum Gasteiger partial charge on any atom is 0.203 e. The molecule has 0 aliphatic rings. The lowest BCUT2D eigenvalue weighted by Crippen LogP contribution is -1.97. The third-order valence-corrected chi connectivity index (χ3v) is 3.30. The Bertz CT molecular complexity index is 559. The fraction of sp³-hybridized carbons (Fsp3) is 0.231. The van der Waals surface area contributed by atoms with Crippen LogP contribution < -0.4 is 14.9 Å². The van der Waals surface area contributed by atoms with Crippen molar-refractivity contribution in [3.8, 4) is 11.5 Å². The Morgan fingerprint density at radius 2 is 1.95 bits per heavy atom. The van der Waals surface area contributed by atoms with Crippen molar-refractivity contribution < 1.29 is 9.47 Å². The number of nitrogens with one attached hydrogen (secondary N) is 1. The standard InChI is InChI=1S/C13H15N3O2S/c1-9-8-19-13(15-9)16-14-7-10-11(17-2)5-4-6-12(10)18-3/h4-8H,1-3H3,(H,15,16). The first-order valence-electron chi connectivity index (χ1n) is 5.66. The van der Waals surface area contributed by atoms with Gasteiger partial charge in [0, 0.05) is 5.38 Å². The number of methoxy groups -OCH3 is 2. The summed E-state index contributed by atoms with van der Waals surface area (Å²) in [6.07, 6.45) is 1.66. The Labute approximate surface area is 115 Å². The molecule has 5 nitrogen and oxygen atoms in total. The van der Waals surface area contributed by atoms with Gasteiger partial charge in [0.2, 0.25) is 5.13 Å². The maximum absolute atomic E-state index is 5.28. The third-order valence-electron chi connectivity index (χ3n) is 2.44. The van der Waals surface area contributed by atoms with Gasteiger partial charge in [0.15, 0.2) is 0 Å². The van der Waals surface area contributed by atoms with Gasteiger partial charge in [0.05, 0.1) is 31.7 Å². The monoisotopic (exact) mass is 277 g/mol. The summed E-state index contributed by atoms with van der Waals surface area (Å²) in [6.45, 7) is 1.94. The fourth-order valence-electron chi connectivity index (χ4n) is 1.56. The van der Waals surface area contributed by atoms with Crippen LogP contribution in [0.3, 0.4) is 0 Å². The van der Waals surface area contributed by atoms with Crippen molar-refractivity contribution in [3.05, 3.63) is 34.8 Å². The fourth-order valence-corrected chi connectivity index (χ4v) is 2.20. The van der Waals surface area contributed by atoms with Gasteiger partial charge < -0.3 is 9.47 Å². The molecule has 0 unspecified atom stereocenters. The van der Waals surface area contributed by atoms with E-state index >= 15 is 0 Å². The van der Waals surface area contributed by atoms with Gasteiger partial charge in [0.1, 0.15) is 11.5 Å². The minimum atomic E-state index is 0.709. The van der Waals surface area contributed by atoms with E-state index in [0.717, 1.165) is 16.4 Å². The van der Waals surface area contributed by atoms with E-state index in [1.807, 2.05) is 30.5 Å². The van der Waals surface area contributed by atoms with Crippen LogP contribution in [0.25, 0.3) is 0 Å². The topological polar surface area (TPSA) is 55.7 Å². The molecule has 0 amide bonds. The summed E-state index contributed by atoms with van der Waals surface area (Å²) in [5, 5.41) is 6.87. The van der Waals surface area contributed by atoms with Crippen LogP contribution in [-0.2, 0) is 0 Å². The van der Waals surface area contributed by atoms with Crippen LogP contribution in [0, 0.1) is 6.92 Å². The first-order valence-corrected chi connectivity index (χ1v) is 6.54. The first kappa shape index (κ1) is 13.4. The Hall–Kier alpha value is -2.08. The molecule has 0 fully saturated rings. The lowest BCUT2D eigenvalue weighted by atomic mass is 10.2. The highest BCUT2D eigenvalue weighted by atomic mass is 32.1. The predicted octanol–water partition coefficient (Wildman–Crippen LogP) is 2.91. The van der Waals surface area contributed by atoms with E-state index in [4.69, 9.17) is 9.47 Å². The number of hydrazone groups is 1. The van der Waals surface area contributed by atoms with E-state index in [1.165, 1.54) is 11.3 Å². The summed E-state index contributed by atoms with van der Waals surface area (Å²) in [4.78, 5) is 4.26. The molecule has 1 N–H and O–H groups in total. The van der Waals surface area contributed by atoms with E-state index in [1.54, 1.807) is 20.4 Å². The molecule has 1 heterocycles. The average molecular weight is 277 g/mol. The highest BCUT2D eigenvalue weighted by Crippen LogP contribution is 2.26. The summed E-state index contributed by atoms with van der Waals surface area (Å²) in [7, 11) is 3.23. The predicted molar refractivity (Wildman–Crippen MR) is 77.6 cm³/mol. The molecule has 0 bridgehead atoms. The molecular weight excluding hydrogens is 262 g/mol. The molecule has 0 aliphatic heterocycles. The molecule has 0 aliphatic carbocycles. The molecule has 19 heavy (non-hydrogen) atoms. The Morgan fingerprint density at radius 1 is 1.26 bits per heavy atom. The number of aromatic nitrogens is 1. The van der Waals surface area contributed by atoms with Gasteiger partial charge >= 0.3 is 0 Å². The van der Waals surface area contributed by atoms with E-state index in [9.17, 15) is 0 Å². The second-order valence-electron chi connectivity index (χ2n) is 3.74. The molecule has 0 radical (unpaired) electrons. The van der Waals surface area contributed by atoms with Crippen LogP contribution in [0.2, 0.25) is 0 Å². The smallest absolute Gasteiger partial charge is 0.203 e. The van der Waals surface area contributed by atoms with E-state index in [2.05, 4.69) is 15.5 Å². The molecule has 1 aromatic carbocycles. The zero-order valence-corrected chi connectivity index (χ0v) is 11.8. The van der Waals surface area contributed by atoms with Crippen LogP contribution in [0.15, 0.2) is 28.7 Å². The van der Waals surface area contributed by atoms with Crippen molar-refractivity contribution in [3.63, 3.8) is 0 Å². The number of ether oxygens (including phenoxy) is 2. The van der Waals surface area contributed by atoms with Gasteiger partial charge in [-0.25, -0.2) is 4.98 Å². The van der Waals surface area contributed by atoms with Crippen LogP contribution in [0.5, 0.6) is 11.5 Å². The van der Waals surface area contributed by atoms with Crippen molar-refractivity contribution >= 4 is 22.7 Å². The molecule has 100 valence electrons. The zero-order chi connectivity index (χ0) is 13.7. The summed E-state index contributed by atoms with van der Waals surface area (Å²) in [5.41, 5.74) is 4.64. The van der Waals surface area contributed by atoms with Gasteiger partial charge in [-0.1, -0.05) is 6.07 Å². The molecule has 1 aromatic heterocycles. The molecule has 2 aromatic rings. The number of benzene rings is 1. The normalized spacial score (nSPS) is 10.7. The SMILES string of the molecule is COc1cccc(OC)c1C=NNc1nc(C)cs1. The van der Waals surface area contributed by atoms with Crippen molar-refractivity contribution in [2.75, 3.05) is 19.6 Å². The van der Waals surface area contributed by atoms with Gasteiger partial charge in [-0.05, 0) is 19.1 Å².